The van der Waals surface area contributed by atoms with Gasteiger partial charge >= 0.3 is 6.03 Å². The van der Waals surface area contributed by atoms with E-state index < -0.39 is 0 Å². The number of carbonyl (C=O) groups excluding carboxylic acids is 1. The number of hydrogen-bond acceptors (Lipinski definition) is 6. The fourth-order valence-corrected chi connectivity index (χ4v) is 4.30. The molecule has 0 radical (unpaired) electrons. The molecule has 0 saturated carbocycles. The Balaban J connectivity index is 1.55. The molecule has 3 aromatic rings. The Morgan fingerprint density at radius 1 is 0.912 bits per heavy atom. The largest absolute Gasteiger partial charge is 0.497 e. The summed E-state index contributed by atoms with van der Waals surface area (Å²) in [5.74, 6) is 1.94. The minimum absolute atomic E-state index is 0.0479. The van der Waals surface area contributed by atoms with E-state index in [1.54, 1.807) is 26.2 Å². The third-order valence-electron chi connectivity index (χ3n) is 6.10. The van der Waals surface area contributed by atoms with E-state index in [0.717, 1.165) is 28.1 Å². The summed E-state index contributed by atoms with van der Waals surface area (Å²) in [6, 6.07) is 15.6. The highest BCUT2D eigenvalue weighted by atomic mass is 16.5. The molecule has 1 aromatic heterocycles. The lowest BCUT2D eigenvalue weighted by atomic mass is 10.1. The van der Waals surface area contributed by atoms with Gasteiger partial charge in [-0.2, -0.15) is 0 Å². The number of methoxy groups -OCH3 is 3. The lowest BCUT2D eigenvalue weighted by Gasteiger charge is -2.39. The quantitative estimate of drug-likeness (QED) is 0.538. The molecule has 180 valence electrons. The zero-order valence-corrected chi connectivity index (χ0v) is 20.4. The number of urea groups is 1. The first kappa shape index (κ1) is 23.5. The average Bonchev–Trinajstić information content (AvgIpc) is 2.87. The molecule has 0 spiro atoms. The maximum Gasteiger partial charge on any atom is 0.325 e. The predicted molar refractivity (Wildman–Crippen MR) is 135 cm³/mol. The summed E-state index contributed by atoms with van der Waals surface area (Å²) < 4.78 is 16.4. The summed E-state index contributed by atoms with van der Waals surface area (Å²) in [5, 5.41) is 0.966. The second kappa shape index (κ2) is 10.1. The van der Waals surface area contributed by atoms with Crippen molar-refractivity contribution in [2.45, 2.75) is 19.9 Å². The van der Waals surface area contributed by atoms with Crippen molar-refractivity contribution in [1.82, 2.24) is 9.88 Å². The molecule has 1 aliphatic heterocycles. The summed E-state index contributed by atoms with van der Waals surface area (Å²) in [5.41, 5.74) is 2.53. The van der Waals surface area contributed by atoms with Gasteiger partial charge in [0, 0.05) is 61.5 Å². The van der Waals surface area contributed by atoms with E-state index in [1.165, 1.54) is 0 Å². The molecule has 0 atom stereocenters. The number of benzene rings is 2. The first-order chi connectivity index (χ1) is 16.4. The summed E-state index contributed by atoms with van der Waals surface area (Å²) in [6.07, 6.45) is 0. The van der Waals surface area contributed by atoms with Crippen molar-refractivity contribution >= 4 is 28.3 Å². The SMILES string of the molecule is COc1cc(OC)cc(N2CCN(C(=O)N(c3cc4ccccc4nc3OC)C(C)C)CC2)c1. The minimum Gasteiger partial charge on any atom is -0.497 e. The van der Waals surface area contributed by atoms with Gasteiger partial charge in [0.1, 0.15) is 17.2 Å². The molecular weight excluding hydrogens is 432 g/mol. The van der Waals surface area contributed by atoms with E-state index in [4.69, 9.17) is 14.2 Å². The number of anilines is 2. The van der Waals surface area contributed by atoms with Crippen molar-refractivity contribution in [3.63, 3.8) is 0 Å². The zero-order valence-electron chi connectivity index (χ0n) is 20.4. The predicted octanol–water partition coefficient (Wildman–Crippen LogP) is 4.42. The van der Waals surface area contributed by atoms with E-state index in [-0.39, 0.29) is 12.1 Å². The standard InChI is InChI=1S/C26H32N4O4/c1-18(2)30(24-14-19-8-6-7-9-23(19)27-25(24)34-5)26(31)29-12-10-28(11-13-29)20-15-21(32-3)17-22(16-20)33-4/h6-9,14-18H,10-13H2,1-5H3. The molecule has 1 aliphatic rings. The van der Waals surface area contributed by atoms with E-state index in [2.05, 4.69) is 9.88 Å². The number of aromatic nitrogens is 1. The minimum atomic E-state index is -0.0648. The molecular formula is C26H32N4O4. The molecule has 0 aliphatic carbocycles. The first-order valence-corrected chi connectivity index (χ1v) is 11.4. The fourth-order valence-electron chi connectivity index (χ4n) is 4.30. The molecule has 2 heterocycles. The van der Waals surface area contributed by atoms with Crippen LogP contribution in [-0.2, 0) is 0 Å². The fraction of sp³-hybridized carbons (Fsp3) is 0.385. The van der Waals surface area contributed by atoms with Crippen LogP contribution in [0.4, 0.5) is 16.2 Å². The molecule has 0 N–H and O–H groups in total. The first-order valence-electron chi connectivity index (χ1n) is 11.4. The van der Waals surface area contributed by atoms with E-state index in [0.29, 0.717) is 37.7 Å². The highest BCUT2D eigenvalue weighted by Gasteiger charge is 2.30. The molecule has 2 amide bonds. The Bertz CT molecular complexity index is 1140. The number of amides is 2. The van der Waals surface area contributed by atoms with Crippen molar-refractivity contribution in [3.8, 4) is 17.4 Å². The number of carbonyl (C=O) groups is 1. The maximum absolute atomic E-state index is 13.7. The van der Waals surface area contributed by atoms with Crippen molar-refractivity contribution < 1.29 is 19.0 Å². The van der Waals surface area contributed by atoms with Crippen LogP contribution in [0.25, 0.3) is 10.9 Å². The van der Waals surface area contributed by atoms with E-state index >= 15 is 0 Å². The van der Waals surface area contributed by atoms with Gasteiger partial charge in [0.2, 0.25) is 5.88 Å². The Hall–Kier alpha value is -3.68. The zero-order chi connectivity index (χ0) is 24.2. The monoisotopic (exact) mass is 464 g/mol. The molecule has 0 unspecified atom stereocenters. The van der Waals surface area contributed by atoms with Crippen molar-refractivity contribution in [2.75, 3.05) is 57.3 Å². The van der Waals surface area contributed by atoms with Crippen molar-refractivity contribution in [1.29, 1.82) is 0 Å². The Kier molecular flexibility index (Phi) is 6.95. The van der Waals surface area contributed by atoms with Gasteiger partial charge in [0.05, 0.1) is 26.8 Å². The molecule has 0 bridgehead atoms. The number of ether oxygens (including phenoxy) is 3. The number of pyridine rings is 1. The lowest BCUT2D eigenvalue weighted by molar-refractivity contribution is 0.199. The van der Waals surface area contributed by atoms with E-state index in [9.17, 15) is 4.79 Å². The number of rotatable bonds is 6. The van der Waals surface area contributed by atoms with Gasteiger partial charge in [-0.25, -0.2) is 9.78 Å². The Morgan fingerprint density at radius 3 is 2.15 bits per heavy atom. The smallest absolute Gasteiger partial charge is 0.325 e. The maximum atomic E-state index is 13.7. The number of fused-ring (bicyclic) bond motifs is 1. The van der Waals surface area contributed by atoms with Crippen LogP contribution in [0, 0.1) is 0 Å². The Labute approximate surface area is 200 Å². The van der Waals surface area contributed by atoms with Crippen LogP contribution in [0.15, 0.2) is 48.5 Å². The van der Waals surface area contributed by atoms with Crippen LogP contribution in [0.1, 0.15) is 13.8 Å². The molecule has 2 aromatic carbocycles. The number of nitrogens with zero attached hydrogens (tertiary/aromatic N) is 4. The average molecular weight is 465 g/mol. The van der Waals surface area contributed by atoms with Crippen LogP contribution >= 0.6 is 0 Å². The van der Waals surface area contributed by atoms with Crippen LogP contribution in [0.3, 0.4) is 0 Å². The Morgan fingerprint density at radius 2 is 1.56 bits per heavy atom. The molecule has 8 nitrogen and oxygen atoms in total. The van der Waals surface area contributed by atoms with E-state index in [1.807, 2.05) is 67.3 Å². The van der Waals surface area contributed by atoms with Crippen LogP contribution in [0.2, 0.25) is 0 Å². The highest BCUT2D eigenvalue weighted by Crippen LogP contribution is 2.33. The van der Waals surface area contributed by atoms with Gasteiger partial charge in [-0.05, 0) is 26.0 Å². The molecule has 1 fully saturated rings. The summed E-state index contributed by atoms with van der Waals surface area (Å²) in [4.78, 5) is 24.3. The van der Waals surface area contributed by atoms with Gasteiger partial charge < -0.3 is 24.0 Å². The summed E-state index contributed by atoms with van der Waals surface area (Å²) >= 11 is 0. The lowest BCUT2D eigenvalue weighted by Crippen LogP contribution is -2.54. The van der Waals surface area contributed by atoms with Gasteiger partial charge in [-0.1, -0.05) is 18.2 Å². The second-order valence-electron chi connectivity index (χ2n) is 8.50. The van der Waals surface area contributed by atoms with Crippen molar-refractivity contribution in [2.24, 2.45) is 0 Å². The molecule has 34 heavy (non-hydrogen) atoms. The summed E-state index contributed by atoms with van der Waals surface area (Å²) in [6.45, 7) is 6.63. The van der Waals surface area contributed by atoms with Crippen LogP contribution in [-0.4, -0.2) is 69.5 Å². The van der Waals surface area contributed by atoms with Crippen LogP contribution in [0.5, 0.6) is 17.4 Å². The van der Waals surface area contributed by atoms with Crippen molar-refractivity contribution in [3.05, 3.63) is 48.5 Å². The number of hydrogen-bond donors (Lipinski definition) is 0. The van der Waals surface area contributed by atoms with Gasteiger partial charge in [0.25, 0.3) is 0 Å². The summed E-state index contributed by atoms with van der Waals surface area (Å²) in [7, 11) is 4.88. The number of para-hydroxylation sites is 1. The van der Waals surface area contributed by atoms with Crippen LogP contribution < -0.4 is 24.0 Å². The molecule has 1 saturated heterocycles. The second-order valence-corrected chi connectivity index (χ2v) is 8.50. The van der Waals surface area contributed by atoms with Gasteiger partial charge in [0.15, 0.2) is 0 Å². The van der Waals surface area contributed by atoms with Gasteiger partial charge in [-0.3, -0.25) is 4.90 Å². The topological polar surface area (TPSA) is 67.4 Å². The normalized spacial score (nSPS) is 13.8. The third kappa shape index (κ3) is 4.66. The molecule has 8 heteroatoms. The van der Waals surface area contributed by atoms with Gasteiger partial charge in [-0.15, -0.1) is 0 Å². The highest BCUT2D eigenvalue weighted by molar-refractivity contribution is 5.96. The molecule has 4 rings (SSSR count). The third-order valence-corrected chi connectivity index (χ3v) is 6.10. The number of piperazine rings is 1.